The van der Waals surface area contributed by atoms with Gasteiger partial charge in [-0.3, -0.25) is 29.8 Å². The highest BCUT2D eigenvalue weighted by Crippen LogP contribution is 2.40. The molecule has 0 saturated heterocycles. The Morgan fingerprint density at radius 3 is 1.31 bits per heavy atom. The van der Waals surface area contributed by atoms with Crippen LogP contribution in [0.4, 0.5) is 11.4 Å². The van der Waals surface area contributed by atoms with Gasteiger partial charge in [-0.05, 0) is 70.4 Å². The molecule has 2 aliphatic carbocycles. The number of allylic oxidation sites excluding steroid dienone is 8. The van der Waals surface area contributed by atoms with Gasteiger partial charge < -0.3 is 0 Å². The van der Waals surface area contributed by atoms with Crippen molar-refractivity contribution in [1.29, 1.82) is 0 Å². The molecule has 0 radical (unpaired) electrons. The quantitative estimate of drug-likeness (QED) is 0.136. The van der Waals surface area contributed by atoms with E-state index in [4.69, 9.17) is 0 Å². The molecule has 0 spiro atoms. The number of rotatable bonds is 10. The third-order valence-corrected chi connectivity index (χ3v) is 8.71. The minimum atomic E-state index is -1.27. The molecule has 12 nitrogen and oxygen atoms in total. The van der Waals surface area contributed by atoms with Gasteiger partial charge in [0, 0.05) is 34.3 Å². The van der Waals surface area contributed by atoms with Crippen molar-refractivity contribution >= 4 is 22.9 Å². The van der Waals surface area contributed by atoms with Crippen LogP contribution in [0.1, 0.15) is 79.4 Å². The molecule has 2 aromatic carbocycles. The van der Waals surface area contributed by atoms with Crippen molar-refractivity contribution in [3.8, 4) is 0 Å². The first-order valence-corrected chi connectivity index (χ1v) is 16.5. The number of ketones is 2. The maximum atomic E-state index is 13.2. The number of hydrogen-bond acceptors (Lipinski definition) is 10. The smallest absolute Gasteiger partial charge is 0.289 e. The lowest BCUT2D eigenvalue weighted by Crippen LogP contribution is -2.27. The summed E-state index contributed by atoms with van der Waals surface area (Å²) in [6, 6.07) is 15.4. The fraction of sp³-hybridized carbons (Fsp3) is 0.333. The summed E-state index contributed by atoms with van der Waals surface area (Å²) in [6.07, 6.45) is 10.3. The molecule has 1 atom stereocenters. The summed E-state index contributed by atoms with van der Waals surface area (Å²) in [6.45, 7) is 16.5. The van der Waals surface area contributed by atoms with E-state index in [0.29, 0.717) is 11.4 Å². The first kappa shape index (κ1) is 38.0. The van der Waals surface area contributed by atoms with E-state index in [-0.39, 0.29) is 27.6 Å². The molecule has 0 bridgehead atoms. The number of azo groups is 2. The molecule has 4 rings (SSSR count). The minimum Gasteiger partial charge on any atom is -0.289 e. The SMILES string of the molecule is CCCC(C)(c1ccc(N=NC=C2C=C([N+](=O)[O-])C(=O)C([N+](=O)[O-])=C2)cc1)c1ccc(N=NC=C2C=C(C(C)(C)C)C(=O)C(C(C)(C)C)=C2)cc1. The van der Waals surface area contributed by atoms with E-state index in [1.54, 1.807) is 18.3 Å². The van der Waals surface area contributed by atoms with Crippen molar-refractivity contribution in [3.63, 3.8) is 0 Å². The Hall–Kier alpha value is -5.78. The monoisotopic (exact) mass is 690 g/mol. The standard InChI is InChI=1S/C39H42N6O6/c1-9-18-39(8,28-12-16-30(17-13-28)43-41-24-26-21-33(44(48)49)36(47)34(22-26)45(50)51)27-10-14-29(15-11-27)42-40-23-25-19-31(37(2,3)4)35(46)32(20-25)38(5,6)7/h10-17,19-24H,9,18H2,1-8H3. The van der Waals surface area contributed by atoms with Crippen LogP contribution in [0.15, 0.2) is 139 Å². The number of benzene rings is 2. The van der Waals surface area contributed by atoms with Crippen molar-refractivity contribution < 1.29 is 19.4 Å². The molecule has 2 aliphatic rings. The van der Waals surface area contributed by atoms with Gasteiger partial charge in [0.2, 0.25) is 0 Å². The van der Waals surface area contributed by atoms with Crippen molar-refractivity contribution in [2.24, 2.45) is 31.3 Å². The second-order valence-electron chi connectivity index (χ2n) is 14.7. The van der Waals surface area contributed by atoms with Crippen molar-refractivity contribution in [2.45, 2.75) is 73.6 Å². The molecule has 0 N–H and O–H groups in total. The highest BCUT2D eigenvalue weighted by atomic mass is 16.6. The molecule has 0 saturated carbocycles. The third kappa shape index (κ3) is 8.88. The van der Waals surface area contributed by atoms with Gasteiger partial charge in [-0.25, -0.2) is 0 Å². The van der Waals surface area contributed by atoms with Gasteiger partial charge in [0.1, 0.15) is 0 Å². The maximum absolute atomic E-state index is 13.2. The molecule has 2 aromatic rings. The summed E-state index contributed by atoms with van der Waals surface area (Å²) in [7, 11) is 0. The van der Waals surface area contributed by atoms with Gasteiger partial charge in [0.05, 0.1) is 33.6 Å². The van der Waals surface area contributed by atoms with Crippen molar-refractivity contribution in [2.75, 3.05) is 0 Å². The molecule has 0 fully saturated rings. The summed E-state index contributed by atoms with van der Waals surface area (Å²) in [4.78, 5) is 45.6. The van der Waals surface area contributed by atoms with E-state index in [1.165, 1.54) is 0 Å². The Balaban J connectivity index is 1.54. The van der Waals surface area contributed by atoms with Gasteiger partial charge >= 0.3 is 17.2 Å². The Morgan fingerprint density at radius 1 is 0.608 bits per heavy atom. The summed E-state index contributed by atoms with van der Waals surface area (Å²) >= 11 is 0. The molecule has 0 amide bonds. The largest absolute Gasteiger partial charge is 0.332 e. The highest BCUT2D eigenvalue weighted by molar-refractivity contribution is 6.11. The van der Waals surface area contributed by atoms with Crippen LogP contribution in [0.25, 0.3) is 0 Å². The summed E-state index contributed by atoms with van der Waals surface area (Å²) in [5.41, 5.74) is 2.90. The van der Waals surface area contributed by atoms with Gasteiger partial charge in [-0.1, -0.05) is 86.1 Å². The molecule has 0 heterocycles. The van der Waals surface area contributed by atoms with Crippen LogP contribution in [-0.2, 0) is 15.0 Å². The van der Waals surface area contributed by atoms with Gasteiger partial charge in [0.25, 0.3) is 0 Å². The second kappa shape index (κ2) is 15.0. The highest BCUT2D eigenvalue weighted by Gasteiger charge is 2.37. The number of Topliss-reactive ketones (excluding diaryl/α,β-unsaturated/α-hetero) is 2. The van der Waals surface area contributed by atoms with Gasteiger partial charge in [0.15, 0.2) is 5.78 Å². The Bertz CT molecular complexity index is 1930. The number of nitrogens with zero attached hydrogens (tertiary/aromatic N) is 6. The van der Waals surface area contributed by atoms with Crippen LogP contribution in [0.5, 0.6) is 0 Å². The second-order valence-corrected chi connectivity index (χ2v) is 14.7. The fourth-order valence-electron chi connectivity index (χ4n) is 5.88. The summed E-state index contributed by atoms with van der Waals surface area (Å²) < 4.78 is 0. The summed E-state index contributed by atoms with van der Waals surface area (Å²) in [5.74, 6) is -1.20. The topological polar surface area (TPSA) is 170 Å². The lowest BCUT2D eigenvalue weighted by atomic mass is 9.72. The predicted molar refractivity (Wildman–Crippen MR) is 195 cm³/mol. The number of hydrogen-bond donors (Lipinski definition) is 0. The number of carbonyl (C=O) groups excluding carboxylic acids is 2. The summed E-state index contributed by atoms with van der Waals surface area (Å²) in [5, 5.41) is 39.2. The van der Waals surface area contributed by atoms with Crippen LogP contribution < -0.4 is 0 Å². The fourth-order valence-corrected chi connectivity index (χ4v) is 5.88. The van der Waals surface area contributed by atoms with Crippen molar-refractivity contribution in [3.05, 3.63) is 150 Å². The molecule has 51 heavy (non-hydrogen) atoms. The zero-order valence-electron chi connectivity index (χ0n) is 30.1. The van der Waals surface area contributed by atoms with Crippen LogP contribution in [0.3, 0.4) is 0 Å². The minimum absolute atomic E-state index is 0.00649. The van der Waals surface area contributed by atoms with E-state index in [2.05, 4.69) is 34.3 Å². The molecule has 1 unspecified atom stereocenters. The molecule has 264 valence electrons. The van der Waals surface area contributed by atoms with E-state index in [9.17, 15) is 29.8 Å². The predicted octanol–water partition coefficient (Wildman–Crippen LogP) is 10.2. The van der Waals surface area contributed by atoms with Crippen LogP contribution in [0, 0.1) is 31.1 Å². The molecular formula is C39H42N6O6. The first-order valence-electron chi connectivity index (χ1n) is 16.5. The van der Waals surface area contributed by atoms with Crippen LogP contribution in [0.2, 0.25) is 0 Å². The zero-order valence-corrected chi connectivity index (χ0v) is 30.1. The van der Waals surface area contributed by atoms with E-state index >= 15 is 0 Å². The Kier molecular flexibility index (Phi) is 11.2. The van der Waals surface area contributed by atoms with E-state index in [0.717, 1.165) is 59.0 Å². The van der Waals surface area contributed by atoms with Gasteiger partial charge in [-0.2, -0.15) is 20.5 Å². The van der Waals surface area contributed by atoms with E-state index < -0.39 is 27.0 Å². The Morgan fingerprint density at radius 2 is 0.980 bits per heavy atom. The molecule has 0 aliphatic heterocycles. The van der Waals surface area contributed by atoms with E-state index in [1.807, 2.05) is 90.1 Å². The molecule has 0 aromatic heterocycles. The molecular weight excluding hydrogens is 648 g/mol. The number of carbonyl (C=O) groups is 2. The molecule has 12 heteroatoms. The van der Waals surface area contributed by atoms with Crippen LogP contribution in [-0.4, -0.2) is 21.4 Å². The van der Waals surface area contributed by atoms with Crippen molar-refractivity contribution in [1.82, 2.24) is 0 Å². The lowest BCUT2D eigenvalue weighted by molar-refractivity contribution is -0.434. The number of nitro groups is 2. The average Bonchev–Trinajstić information content (AvgIpc) is 3.05. The third-order valence-electron chi connectivity index (χ3n) is 8.71. The normalized spacial score (nSPS) is 16.8. The zero-order chi connectivity index (χ0) is 37.7. The first-order chi connectivity index (χ1) is 23.8. The van der Waals surface area contributed by atoms with Gasteiger partial charge in [-0.15, -0.1) is 0 Å². The Labute approximate surface area is 297 Å². The van der Waals surface area contributed by atoms with Crippen LogP contribution >= 0.6 is 0 Å². The maximum Gasteiger partial charge on any atom is 0.332 e. The lowest BCUT2D eigenvalue weighted by Gasteiger charge is -2.31. The average molecular weight is 691 g/mol.